The summed E-state index contributed by atoms with van der Waals surface area (Å²) in [5, 5.41) is 9.73. The van der Waals surface area contributed by atoms with Gasteiger partial charge in [0.2, 0.25) is 0 Å². The van der Waals surface area contributed by atoms with Crippen molar-refractivity contribution < 1.29 is 5.11 Å². The van der Waals surface area contributed by atoms with Crippen molar-refractivity contribution in [1.29, 1.82) is 0 Å². The molecule has 1 aromatic heterocycles. The van der Waals surface area contributed by atoms with E-state index in [1.54, 1.807) is 13.3 Å². The molecule has 84 valence electrons. The van der Waals surface area contributed by atoms with Crippen LogP contribution in [0, 0.1) is 13.8 Å². The lowest BCUT2D eigenvalue weighted by molar-refractivity contribution is 0.199. The molecule has 1 atom stereocenters. The van der Waals surface area contributed by atoms with Gasteiger partial charge in [0.25, 0.3) is 0 Å². The Balaban J connectivity index is 2.60. The maximum absolute atomic E-state index is 9.73. The Bertz CT molecular complexity index is 500. The maximum Gasteiger partial charge on any atom is 0.0997 e. The monoisotopic (exact) mass is 216 g/mol. The molecule has 1 aromatic carbocycles. The van der Waals surface area contributed by atoms with Crippen LogP contribution in [0.4, 0.5) is 0 Å². The number of aryl methyl sites for hydroxylation is 1. The van der Waals surface area contributed by atoms with Gasteiger partial charge >= 0.3 is 0 Å². The van der Waals surface area contributed by atoms with E-state index in [1.807, 2.05) is 42.7 Å². The molecule has 0 fully saturated rings. The zero-order valence-electron chi connectivity index (χ0n) is 9.81. The molecule has 0 saturated heterocycles. The highest BCUT2D eigenvalue weighted by Crippen LogP contribution is 2.23. The summed E-state index contributed by atoms with van der Waals surface area (Å²) in [5.41, 5.74) is 4.03. The van der Waals surface area contributed by atoms with Crippen molar-refractivity contribution in [2.24, 2.45) is 0 Å². The molecule has 0 amide bonds. The van der Waals surface area contributed by atoms with Crippen LogP contribution in [0.5, 0.6) is 0 Å². The Labute approximate surface area is 95.4 Å². The van der Waals surface area contributed by atoms with E-state index in [0.717, 1.165) is 22.6 Å². The normalized spacial score (nSPS) is 12.8. The minimum Gasteiger partial charge on any atom is -0.389 e. The highest BCUT2D eigenvalue weighted by molar-refractivity contribution is 5.44. The fourth-order valence-corrected chi connectivity index (χ4v) is 1.80. The number of rotatable bonds is 2. The summed E-state index contributed by atoms with van der Waals surface area (Å²) in [6.45, 7) is 5.79. The van der Waals surface area contributed by atoms with E-state index in [-0.39, 0.29) is 0 Å². The predicted octanol–water partition coefficient (Wildman–Crippen LogP) is 2.54. The predicted molar refractivity (Wildman–Crippen MR) is 63.7 cm³/mol. The fraction of sp³-hybridized carbons (Fsp3) is 0.308. The highest BCUT2D eigenvalue weighted by atomic mass is 16.3. The van der Waals surface area contributed by atoms with Crippen LogP contribution in [-0.2, 0) is 0 Å². The molecule has 0 aliphatic carbocycles. The van der Waals surface area contributed by atoms with Gasteiger partial charge in [-0.1, -0.05) is 18.2 Å². The number of benzene rings is 1. The summed E-state index contributed by atoms with van der Waals surface area (Å²) in [6.07, 6.45) is 1.32. The van der Waals surface area contributed by atoms with Crippen molar-refractivity contribution >= 4 is 0 Å². The minimum atomic E-state index is -0.474. The van der Waals surface area contributed by atoms with E-state index in [1.165, 1.54) is 0 Å². The van der Waals surface area contributed by atoms with E-state index in [2.05, 4.69) is 4.98 Å². The van der Waals surface area contributed by atoms with Crippen molar-refractivity contribution in [3.8, 4) is 5.69 Å². The average molecular weight is 216 g/mol. The van der Waals surface area contributed by atoms with Crippen molar-refractivity contribution in [3.05, 3.63) is 47.5 Å². The topological polar surface area (TPSA) is 38.0 Å². The SMILES string of the molecule is Cc1ncn(-c2ccccc2[C@@H](C)O)c1C. The van der Waals surface area contributed by atoms with Crippen LogP contribution >= 0.6 is 0 Å². The third-order valence-corrected chi connectivity index (χ3v) is 2.90. The second-order valence-corrected chi connectivity index (χ2v) is 4.02. The molecule has 3 nitrogen and oxygen atoms in total. The maximum atomic E-state index is 9.73. The van der Waals surface area contributed by atoms with Gasteiger partial charge in [-0.3, -0.25) is 0 Å². The van der Waals surface area contributed by atoms with Crippen molar-refractivity contribution in [1.82, 2.24) is 9.55 Å². The molecule has 3 heteroatoms. The van der Waals surface area contributed by atoms with E-state index >= 15 is 0 Å². The van der Waals surface area contributed by atoms with Crippen LogP contribution in [0.25, 0.3) is 5.69 Å². The molecule has 0 unspecified atom stereocenters. The first-order valence-electron chi connectivity index (χ1n) is 5.39. The van der Waals surface area contributed by atoms with Crippen LogP contribution < -0.4 is 0 Å². The summed E-state index contributed by atoms with van der Waals surface area (Å²) in [6, 6.07) is 7.84. The number of hydrogen-bond acceptors (Lipinski definition) is 2. The van der Waals surface area contributed by atoms with E-state index in [0.29, 0.717) is 0 Å². The molecule has 0 spiro atoms. The van der Waals surface area contributed by atoms with Crippen molar-refractivity contribution in [2.45, 2.75) is 26.9 Å². The summed E-state index contributed by atoms with van der Waals surface area (Å²) in [5.74, 6) is 0. The Morgan fingerprint density at radius 1 is 1.25 bits per heavy atom. The first-order chi connectivity index (χ1) is 7.61. The summed E-state index contributed by atoms with van der Waals surface area (Å²) >= 11 is 0. The molecule has 0 saturated carbocycles. The van der Waals surface area contributed by atoms with E-state index in [4.69, 9.17) is 0 Å². The van der Waals surface area contributed by atoms with Gasteiger partial charge in [0, 0.05) is 11.3 Å². The Morgan fingerprint density at radius 2 is 1.94 bits per heavy atom. The molecule has 0 aliphatic heterocycles. The third kappa shape index (κ3) is 1.74. The molecule has 1 heterocycles. The molecule has 1 N–H and O–H groups in total. The molecule has 0 aliphatic rings. The number of imidazole rings is 1. The zero-order valence-corrected chi connectivity index (χ0v) is 9.81. The number of aromatic nitrogens is 2. The molecular formula is C13H16N2O. The Kier molecular flexibility index (Phi) is 2.79. The quantitative estimate of drug-likeness (QED) is 0.837. The third-order valence-electron chi connectivity index (χ3n) is 2.90. The zero-order chi connectivity index (χ0) is 11.7. The fourth-order valence-electron chi connectivity index (χ4n) is 1.80. The molecule has 2 aromatic rings. The van der Waals surface area contributed by atoms with E-state index < -0.39 is 6.10 Å². The van der Waals surface area contributed by atoms with Gasteiger partial charge in [0.1, 0.15) is 0 Å². The summed E-state index contributed by atoms with van der Waals surface area (Å²) < 4.78 is 2.01. The second-order valence-electron chi connectivity index (χ2n) is 4.02. The van der Waals surface area contributed by atoms with Gasteiger partial charge in [0.15, 0.2) is 0 Å². The number of hydrogen-bond donors (Lipinski definition) is 1. The lowest BCUT2D eigenvalue weighted by atomic mass is 10.1. The van der Waals surface area contributed by atoms with Gasteiger partial charge in [-0.15, -0.1) is 0 Å². The van der Waals surface area contributed by atoms with Crippen molar-refractivity contribution in [2.75, 3.05) is 0 Å². The minimum absolute atomic E-state index is 0.474. The second kappa shape index (κ2) is 4.10. The van der Waals surface area contributed by atoms with Crippen LogP contribution in [0.15, 0.2) is 30.6 Å². The highest BCUT2D eigenvalue weighted by Gasteiger charge is 2.11. The largest absolute Gasteiger partial charge is 0.389 e. The number of nitrogens with zero attached hydrogens (tertiary/aromatic N) is 2. The molecule has 0 radical (unpaired) electrons. The summed E-state index contributed by atoms with van der Waals surface area (Å²) in [7, 11) is 0. The van der Waals surface area contributed by atoms with Crippen LogP contribution in [0.2, 0.25) is 0 Å². The summed E-state index contributed by atoms with van der Waals surface area (Å²) in [4.78, 5) is 4.27. The first-order valence-corrected chi connectivity index (χ1v) is 5.39. The van der Waals surface area contributed by atoms with Gasteiger partial charge in [-0.25, -0.2) is 4.98 Å². The standard InChI is InChI=1S/C13H16N2O/c1-9-10(2)15(8-14-9)13-7-5-4-6-12(13)11(3)16/h4-8,11,16H,1-3H3/t11-/m1/s1. The lowest BCUT2D eigenvalue weighted by Gasteiger charge is -2.13. The van der Waals surface area contributed by atoms with Crippen LogP contribution in [-0.4, -0.2) is 14.7 Å². The number of para-hydroxylation sites is 1. The van der Waals surface area contributed by atoms with Gasteiger partial charge < -0.3 is 9.67 Å². The average Bonchev–Trinajstić information content (AvgIpc) is 2.60. The Hall–Kier alpha value is -1.61. The molecule has 0 bridgehead atoms. The van der Waals surface area contributed by atoms with Gasteiger partial charge in [0.05, 0.1) is 23.8 Å². The van der Waals surface area contributed by atoms with Gasteiger partial charge in [-0.2, -0.15) is 0 Å². The molecule has 16 heavy (non-hydrogen) atoms. The first kappa shape index (κ1) is 10.9. The number of aliphatic hydroxyl groups is 1. The van der Waals surface area contributed by atoms with Crippen molar-refractivity contribution in [3.63, 3.8) is 0 Å². The Morgan fingerprint density at radius 3 is 2.50 bits per heavy atom. The smallest absolute Gasteiger partial charge is 0.0997 e. The van der Waals surface area contributed by atoms with Crippen LogP contribution in [0.3, 0.4) is 0 Å². The van der Waals surface area contributed by atoms with Gasteiger partial charge in [-0.05, 0) is 26.8 Å². The lowest BCUT2D eigenvalue weighted by Crippen LogP contribution is -2.03. The van der Waals surface area contributed by atoms with E-state index in [9.17, 15) is 5.11 Å². The van der Waals surface area contributed by atoms with Crippen LogP contribution in [0.1, 0.15) is 30.0 Å². The number of aliphatic hydroxyl groups excluding tert-OH is 1. The molecule has 2 rings (SSSR count). The molecular weight excluding hydrogens is 200 g/mol.